The van der Waals surface area contributed by atoms with Gasteiger partial charge in [-0.05, 0) is 37.3 Å². The van der Waals surface area contributed by atoms with E-state index in [0.29, 0.717) is 24.3 Å². The van der Waals surface area contributed by atoms with E-state index < -0.39 is 23.4 Å². The van der Waals surface area contributed by atoms with Gasteiger partial charge in [0.2, 0.25) is 0 Å². The Morgan fingerprint density at radius 2 is 2.33 bits per heavy atom. The lowest BCUT2D eigenvalue weighted by atomic mass is 10.1. The number of pyridine rings is 1. The number of esters is 1. The third-order valence-corrected chi connectivity index (χ3v) is 3.58. The number of ether oxygens (including phenoxy) is 1. The van der Waals surface area contributed by atoms with Crippen molar-refractivity contribution in [2.45, 2.75) is 38.6 Å². The third kappa shape index (κ3) is 3.80. The van der Waals surface area contributed by atoms with Crippen LogP contribution in [0.1, 0.15) is 37.8 Å². The summed E-state index contributed by atoms with van der Waals surface area (Å²) in [6.45, 7) is 5.56. The van der Waals surface area contributed by atoms with Crippen molar-refractivity contribution in [3.8, 4) is 0 Å². The van der Waals surface area contributed by atoms with Crippen LogP contribution in [0.5, 0.6) is 0 Å². The summed E-state index contributed by atoms with van der Waals surface area (Å²) in [6, 6.07) is 0.448. The van der Waals surface area contributed by atoms with Gasteiger partial charge in [0.15, 0.2) is 5.82 Å². The second kappa shape index (κ2) is 6.70. The second-order valence-corrected chi connectivity index (χ2v) is 5.35. The van der Waals surface area contributed by atoms with Gasteiger partial charge < -0.3 is 4.74 Å². The lowest BCUT2D eigenvalue weighted by Crippen LogP contribution is -2.33. The van der Waals surface area contributed by atoms with Crippen molar-refractivity contribution in [1.82, 2.24) is 4.57 Å². The Kier molecular flexibility index (Phi) is 4.94. The molecule has 1 aromatic heterocycles. The van der Waals surface area contributed by atoms with E-state index in [-0.39, 0.29) is 6.61 Å². The van der Waals surface area contributed by atoms with E-state index in [1.807, 2.05) is 0 Å². The zero-order valence-corrected chi connectivity index (χ0v) is 12.2. The number of rotatable bonds is 7. The Balaban J connectivity index is 2.39. The molecular formula is C16H20FNO3. The largest absolute Gasteiger partial charge is 0.464 e. The highest BCUT2D eigenvalue weighted by Crippen LogP contribution is 2.37. The molecule has 2 rings (SSSR count). The van der Waals surface area contributed by atoms with Gasteiger partial charge in [-0.25, -0.2) is 9.18 Å². The van der Waals surface area contributed by atoms with Crippen molar-refractivity contribution >= 4 is 5.97 Å². The molecule has 1 aliphatic carbocycles. The van der Waals surface area contributed by atoms with E-state index >= 15 is 0 Å². The quantitative estimate of drug-likeness (QED) is 0.573. The highest BCUT2D eigenvalue weighted by Gasteiger charge is 2.32. The van der Waals surface area contributed by atoms with Crippen LogP contribution in [0, 0.1) is 11.7 Å². The lowest BCUT2D eigenvalue weighted by Gasteiger charge is -2.19. The van der Waals surface area contributed by atoms with Crippen LogP contribution < -0.4 is 5.56 Å². The van der Waals surface area contributed by atoms with Gasteiger partial charge in [0.1, 0.15) is 6.04 Å². The lowest BCUT2D eigenvalue weighted by molar-refractivity contribution is -0.147. The Morgan fingerprint density at radius 1 is 1.62 bits per heavy atom. The molecule has 0 aliphatic heterocycles. The molecule has 0 N–H and O–H groups in total. The van der Waals surface area contributed by atoms with Crippen LogP contribution in [-0.4, -0.2) is 17.1 Å². The smallest absolute Gasteiger partial charge is 0.329 e. The SMILES string of the molecule is C=CCc1cc(F)c(=O)n(C(CC2CC2)C(=O)OCC)c1. The first-order chi connectivity index (χ1) is 10.1. The predicted molar refractivity (Wildman–Crippen MR) is 77.6 cm³/mol. The summed E-state index contributed by atoms with van der Waals surface area (Å²) in [5.41, 5.74) is -0.159. The molecule has 4 nitrogen and oxygen atoms in total. The summed E-state index contributed by atoms with van der Waals surface area (Å²) in [7, 11) is 0. The molecule has 1 atom stereocenters. The molecule has 0 aromatic carbocycles. The van der Waals surface area contributed by atoms with Crippen molar-refractivity contribution in [2.75, 3.05) is 6.61 Å². The molecule has 0 radical (unpaired) electrons. The standard InChI is InChI=1S/C16H20FNO3/c1-3-5-12-8-13(17)15(19)18(10-12)14(9-11-6-7-11)16(20)21-4-2/h3,8,10-11,14H,1,4-7,9H2,2H3. The summed E-state index contributed by atoms with van der Waals surface area (Å²) in [4.78, 5) is 24.1. The molecule has 1 aliphatic rings. The van der Waals surface area contributed by atoms with Crippen LogP contribution in [0.2, 0.25) is 0 Å². The molecule has 1 fully saturated rings. The van der Waals surface area contributed by atoms with Gasteiger partial charge in [-0.2, -0.15) is 0 Å². The zero-order valence-electron chi connectivity index (χ0n) is 12.2. The fourth-order valence-corrected chi connectivity index (χ4v) is 2.36. The third-order valence-electron chi connectivity index (χ3n) is 3.58. The van der Waals surface area contributed by atoms with E-state index in [4.69, 9.17) is 4.74 Å². The number of nitrogens with zero attached hydrogens (tertiary/aromatic N) is 1. The maximum atomic E-state index is 13.8. The van der Waals surface area contributed by atoms with Crippen LogP contribution >= 0.6 is 0 Å². The molecule has 5 heteroatoms. The Labute approximate surface area is 123 Å². The van der Waals surface area contributed by atoms with Crippen molar-refractivity contribution in [2.24, 2.45) is 5.92 Å². The number of carbonyl (C=O) groups excluding carboxylic acids is 1. The fraction of sp³-hybridized carbons (Fsp3) is 0.500. The maximum Gasteiger partial charge on any atom is 0.329 e. The van der Waals surface area contributed by atoms with Crippen LogP contribution in [0.4, 0.5) is 4.39 Å². The van der Waals surface area contributed by atoms with Crippen LogP contribution in [0.15, 0.2) is 29.7 Å². The molecular weight excluding hydrogens is 273 g/mol. The summed E-state index contributed by atoms with van der Waals surface area (Å²) < 4.78 is 20.0. The minimum absolute atomic E-state index is 0.240. The monoisotopic (exact) mass is 293 g/mol. The van der Waals surface area contributed by atoms with Crippen molar-refractivity contribution < 1.29 is 13.9 Å². The highest BCUT2D eigenvalue weighted by atomic mass is 19.1. The molecule has 114 valence electrons. The van der Waals surface area contributed by atoms with Gasteiger partial charge in [0.25, 0.3) is 5.56 Å². The van der Waals surface area contributed by atoms with Gasteiger partial charge in [0.05, 0.1) is 6.61 Å². The Hall–Kier alpha value is -1.91. The van der Waals surface area contributed by atoms with Gasteiger partial charge >= 0.3 is 5.97 Å². The number of halogens is 1. The Bertz CT molecular complexity index is 590. The fourth-order valence-electron chi connectivity index (χ4n) is 2.36. The van der Waals surface area contributed by atoms with E-state index in [0.717, 1.165) is 12.8 Å². The number of allylic oxidation sites excluding steroid dienone is 1. The van der Waals surface area contributed by atoms with Crippen LogP contribution in [0.25, 0.3) is 0 Å². The van der Waals surface area contributed by atoms with Gasteiger partial charge in [-0.3, -0.25) is 9.36 Å². The average molecular weight is 293 g/mol. The minimum Gasteiger partial charge on any atom is -0.464 e. The van der Waals surface area contributed by atoms with Crippen molar-refractivity contribution in [3.63, 3.8) is 0 Å². The van der Waals surface area contributed by atoms with Crippen molar-refractivity contribution in [3.05, 3.63) is 46.7 Å². The first kappa shape index (κ1) is 15.5. The first-order valence-electron chi connectivity index (χ1n) is 7.24. The van der Waals surface area contributed by atoms with Crippen molar-refractivity contribution in [1.29, 1.82) is 0 Å². The van der Waals surface area contributed by atoms with Gasteiger partial charge in [0, 0.05) is 6.20 Å². The molecule has 1 heterocycles. The van der Waals surface area contributed by atoms with E-state index in [2.05, 4.69) is 6.58 Å². The van der Waals surface area contributed by atoms with E-state index in [1.165, 1.54) is 16.8 Å². The molecule has 1 aromatic rings. The summed E-state index contributed by atoms with van der Waals surface area (Å²) in [5, 5.41) is 0. The molecule has 0 amide bonds. The molecule has 0 saturated heterocycles. The number of hydrogen-bond acceptors (Lipinski definition) is 3. The molecule has 0 bridgehead atoms. The van der Waals surface area contributed by atoms with Gasteiger partial charge in [-0.1, -0.05) is 18.9 Å². The van der Waals surface area contributed by atoms with E-state index in [1.54, 1.807) is 13.0 Å². The maximum absolute atomic E-state index is 13.8. The van der Waals surface area contributed by atoms with Crippen LogP contribution in [0.3, 0.4) is 0 Å². The first-order valence-corrected chi connectivity index (χ1v) is 7.24. The molecule has 1 unspecified atom stereocenters. The summed E-state index contributed by atoms with van der Waals surface area (Å²) >= 11 is 0. The number of aromatic nitrogens is 1. The highest BCUT2D eigenvalue weighted by molar-refractivity contribution is 5.74. The molecule has 1 saturated carbocycles. The van der Waals surface area contributed by atoms with Crippen LogP contribution in [-0.2, 0) is 16.0 Å². The topological polar surface area (TPSA) is 48.3 Å². The molecule has 21 heavy (non-hydrogen) atoms. The predicted octanol–water partition coefficient (Wildman–Crippen LogP) is 2.62. The second-order valence-electron chi connectivity index (χ2n) is 5.35. The minimum atomic E-state index is -0.848. The summed E-state index contributed by atoms with van der Waals surface area (Å²) in [5.74, 6) is -0.904. The summed E-state index contributed by atoms with van der Waals surface area (Å²) in [6.07, 6.45) is 6.21. The normalized spacial score (nSPS) is 15.5. The number of carbonyl (C=O) groups is 1. The number of hydrogen-bond donors (Lipinski definition) is 0. The zero-order chi connectivity index (χ0) is 15.4. The average Bonchev–Trinajstić information content (AvgIpc) is 3.25. The Morgan fingerprint density at radius 3 is 2.90 bits per heavy atom. The molecule has 0 spiro atoms. The van der Waals surface area contributed by atoms with Gasteiger partial charge in [-0.15, -0.1) is 6.58 Å². The van der Waals surface area contributed by atoms with E-state index in [9.17, 15) is 14.0 Å².